The standard InChI is InChI=1S/C22H28ClN3O4S/c1-15-12-19(16(2)26(15)18-5-6-18)20(27)14-24-8-10-25(11-9-24)31(28,29)22-13-17(23)4-7-21(22)30-3/h4,7,12-13,18H,5-6,8-11,14H2,1-3H3. The molecule has 2 aromatic rings. The molecule has 0 unspecified atom stereocenters. The van der Waals surface area contributed by atoms with Crippen molar-refractivity contribution in [1.29, 1.82) is 0 Å². The maximum Gasteiger partial charge on any atom is 0.246 e. The normalized spacial score (nSPS) is 18.3. The monoisotopic (exact) mass is 465 g/mol. The van der Waals surface area contributed by atoms with Gasteiger partial charge in [-0.15, -0.1) is 0 Å². The van der Waals surface area contributed by atoms with Crippen LogP contribution in [0.15, 0.2) is 29.2 Å². The molecule has 4 rings (SSSR count). The van der Waals surface area contributed by atoms with Crippen LogP contribution in [0.3, 0.4) is 0 Å². The number of aryl methyl sites for hydroxylation is 1. The molecule has 1 aliphatic carbocycles. The zero-order chi connectivity index (χ0) is 22.3. The van der Waals surface area contributed by atoms with Crippen LogP contribution in [-0.4, -0.2) is 67.8 Å². The minimum absolute atomic E-state index is 0.0690. The van der Waals surface area contributed by atoms with Crippen LogP contribution in [0.1, 0.15) is 40.6 Å². The topological polar surface area (TPSA) is 71.9 Å². The van der Waals surface area contributed by atoms with Crippen molar-refractivity contribution in [3.05, 3.63) is 46.2 Å². The van der Waals surface area contributed by atoms with Gasteiger partial charge in [0.2, 0.25) is 10.0 Å². The number of hydrogen-bond acceptors (Lipinski definition) is 5. The summed E-state index contributed by atoms with van der Waals surface area (Å²) in [6.07, 6.45) is 2.36. The van der Waals surface area contributed by atoms with Crippen molar-refractivity contribution >= 4 is 27.4 Å². The molecule has 168 valence electrons. The molecule has 1 aliphatic heterocycles. The van der Waals surface area contributed by atoms with E-state index in [0.29, 0.717) is 43.8 Å². The Morgan fingerprint density at radius 2 is 1.81 bits per heavy atom. The third-order valence-corrected chi connectivity index (χ3v) is 8.29. The van der Waals surface area contributed by atoms with Gasteiger partial charge in [0, 0.05) is 54.2 Å². The lowest BCUT2D eigenvalue weighted by molar-refractivity contribution is 0.0901. The van der Waals surface area contributed by atoms with Crippen LogP contribution < -0.4 is 4.74 Å². The van der Waals surface area contributed by atoms with Crippen molar-refractivity contribution in [3.63, 3.8) is 0 Å². The van der Waals surface area contributed by atoms with E-state index in [1.54, 1.807) is 12.1 Å². The van der Waals surface area contributed by atoms with Gasteiger partial charge in [0.15, 0.2) is 5.78 Å². The molecule has 1 aromatic carbocycles. The fourth-order valence-corrected chi connectivity index (χ4v) is 6.20. The average Bonchev–Trinajstić information content (AvgIpc) is 3.52. The van der Waals surface area contributed by atoms with Crippen molar-refractivity contribution in [3.8, 4) is 5.75 Å². The summed E-state index contributed by atoms with van der Waals surface area (Å²) < 4.78 is 35.2. The van der Waals surface area contributed by atoms with Gasteiger partial charge in [0.05, 0.1) is 13.7 Å². The molecule has 2 heterocycles. The molecule has 0 bridgehead atoms. The van der Waals surface area contributed by atoms with Gasteiger partial charge < -0.3 is 9.30 Å². The Morgan fingerprint density at radius 1 is 1.13 bits per heavy atom. The highest BCUT2D eigenvalue weighted by molar-refractivity contribution is 7.89. The minimum atomic E-state index is -3.73. The number of halogens is 1. The van der Waals surface area contributed by atoms with E-state index in [4.69, 9.17) is 16.3 Å². The summed E-state index contributed by atoms with van der Waals surface area (Å²) in [5, 5.41) is 0.340. The predicted molar refractivity (Wildman–Crippen MR) is 120 cm³/mol. The zero-order valence-corrected chi connectivity index (χ0v) is 19.7. The lowest BCUT2D eigenvalue weighted by Gasteiger charge is -2.33. The summed E-state index contributed by atoms with van der Waals surface area (Å²) in [4.78, 5) is 15.0. The van der Waals surface area contributed by atoms with Crippen molar-refractivity contribution < 1.29 is 17.9 Å². The lowest BCUT2D eigenvalue weighted by atomic mass is 10.1. The molecule has 9 heteroatoms. The summed E-state index contributed by atoms with van der Waals surface area (Å²) in [6, 6.07) is 7.10. The first kappa shape index (κ1) is 22.3. The number of benzene rings is 1. The smallest absolute Gasteiger partial charge is 0.246 e. The van der Waals surface area contributed by atoms with E-state index in [2.05, 4.69) is 11.5 Å². The molecule has 0 radical (unpaired) electrons. The number of methoxy groups -OCH3 is 1. The molecule has 2 aliphatic rings. The molecular formula is C22H28ClN3O4S. The number of ketones is 1. The first-order valence-corrected chi connectivity index (χ1v) is 12.3. The van der Waals surface area contributed by atoms with E-state index in [1.807, 2.05) is 17.9 Å². The number of carbonyl (C=O) groups is 1. The summed E-state index contributed by atoms with van der Waals surface area (Å²) in [5.41, 5.74) is 2.96. The van der Waals surface area contributed by atoms with E-state index in [-0.39, 0.29) is 16.4 Å². The molecule has 0 spiro atoms. The van der Waals surface area contributed by atoms with Gasteiger partial charge in [-0.2, -0.15) is 4.31 Å². The van der Waals surface area contributed by atoms with Gasteiger partial charge in [-0.3, -0.25) is 9.69 Å². The second-order valence-corrected chi connectivity index (χ2v) is 10.6. The van der Waals surface area contributed by atoms with Gasteiger partial charge in [0.1, 0.15) is 10.6 Å². The Bertz CT molecular complexity index is 1100. The number of carbonyl (C=O) groups excluding carboxylic acids is 1. The van der Waals surface area contributed by atoms with E-state index in [1.165, 1.54) is 30.3 Å². The number of rotatable bonds is 7. The number of aromatic nitrogens is 1. The summed E-state index contributed by atoms with van der Waals surface area (Å²) in [7, 11) is -2.30. The molecular weight excluding hydrogens is 438 g/mol. The van der Waals surface area contributed by atoms with Crippen LogP contribution >= 0.6 is 11.6 Å². The maximum atomic E-state index is 13.1. The highest BCUT2D eigenvalue weighted by atomic mass is 35.5. The van der Waals surface area contributed by atoms with E-state index >= 15 is 0 Å². The van der Waals surface area contributed by atoms with Crippen LogP contribution in [0, 0.1) is 13.8 Å². The van der Waals surface area contributed by atoms with Crippen LogP contribution in [0.4, 0.5) is 0 Å². The molecule has 0 amide bonds. The molecule has 0 atom stereocenters. The Kier molecular flexibility index (Phi) is 6.18. The predicted octanol–water partition coefficient (Wildman–Crippen LogP) is 3.29. The van der Waals surface area contributed by atoms with Crippen molar-refractivity contribution in [2.24, 2.45) is 0 Å². The SMILES string of the molecule is COc1ccc(Cl)cc1S(=O)(=O)N1CCN(CC(=O)c2cc(C)n(C3CC3)c2C)CC1. The zero-order valence-electron chi connectivity index (χ0n) is 18.1. The number of ether oxygens (including phenoxy) is 1. The van der Waals surface area contributed by atoms with Crippen LogP contribution in [0.2, 0.25) is 5.02 Å². The van der Waals surface area contributed by atoms with E-state index in [0.717, 1.165) is 17.0 Å². The second-order valence-electron chi connectivity index (χ2n) is 8.28. The summed E-state index contributed by atoms with van der Waals surface area (Å²) >= 11 is 6.02. The van der Waals surface area contributed by atoms with E-state index in [9.17, 15) is 13.2 Å². The Hall–Kier alpha value is -1.87. The van der Waals surface area contributed by atoms with Crippen molar-refractivity contribution in [2.45, 2.75) is 37.6 Å². The van der Waals surface area contributed by atoms with Crippen LogP contribution in [0.25, 0.3) is 0 Å². The third-order valence-electron chi connectivity index (χ3n) is 6.14. The van der Waals surface area contributed by atoms with E-state index < -0.39 is 10.0 Å². The Balaban J connectivity index is 1.42. The number of hydrogen-bond donors (Lipinski definition) is 0. The maximum absolute atomic E-state index is 13.1. The molecule has 7 nitrogen and oxygen atoms in total. The highest BCUT2D eigenvalue weighted by Gasteiger charge is 2.32. The minimum Gasteiger partial charge on any atom is -0.495 e. The largest absolute Gasteiger partial charge is 0.495 e. The molecule has 31 heavy (non-hydrogen) atoms. The van der Waals surface area contributed by atoms with Gasteiger partial charge in [0.25, 0.3) is 0 Å². The van der Waals surface area contributed by atoms with Gasteiger partial charge in [-0.25, -0.2) is 8.42 Å². The number of sulfonamides is 1. The van der Waals surface area contributed by atoms with Gasteiger partial charge >= 0.3 is 0 Å². The van der Waals surface area contributed by atoms with Gasteiger partial charge in [-0.05, 0) is 51.0 Å². The van der Waals surface area contributed by atoms with Crippen LogP contribution in [0.5, 0.6) is 5.75 Å². The third kappa shape index (κ3) is 4.39. The number of piperazine rings is 1. The average molecular weight is 466 g/mol. The molecule has 1 saturated carbocycles. The molecule has 0 N–H and O–H groups in total. The Labute approximate surface area is 188 Å². The molecule has 1 saturated heterocycles. The fraction of sp³-hybridized carbons (Fsp3) is 0.500. The quantitative estimate of drug-likeness (QED) is 0.587. The lowest BCUT2D eigenvalue weighted by Crippen LogP contribution is -2.49. The first-order chi connectivity index (χ1) is 14.7. The van der Waals surface area contributed by atoms with Crippen molar-refractivity contribution in [1.82, 2.24) is 13.8 Å². The highest BCUT2D eigenvalue weighted by Crippen LogP contribution is 2.38. The number of Topliss-reactive ketones (excluding diaryl/α,β-unsaturated/α-hetero) is 1. The van der Waals surface area contributed by atoms with Crippen molar-refractivity contribution in [2.75, 3.05) is 39.8 Å². The number of nitrogens with zero attached hydrogens (tertiary/aromatic N) is 3. The fourth-order valence-electron chi connectivity index (χ4n) is 4.36. The molecule has 1 aromatic heterocycles. The van der Waals surface area contributed by atoms with Gasteiger partial charge in [-0.1, -0.05) is 11.6 Å². The Morgan fingerprint density at radius 3 is 2.42 bits per heavy atom. The molecule has 2 fully saturated rings. The second kappa shape index (κ2) is 8.58. The first-order valence-electron chi connectivity index (χ1n) is 10.5. The summed E-state index contributed by atoms with van der Waals surface area (Å²) in [5.74, 6) is 0.362. The summed E-state index contributed by atoms with van der Waals surface area (Å²) in [6.45, 7) is 5.98. The van der Waals surface area contributed by atoms with Crippen LogP contribution in [-0.2, 0) is 10.0 Å².